The fourth-order valence-electron chi connectivity index (χ4n) is 1.62. The molecule has 1 heterocycles. The normalized spacial score (nSPS) is 10.0. The van der Waals surface area contributed by atoms with E-state index in [0.717, 1.165) is 10.9 Å². The fraction of sp³-hybridized carbons (Fsp3) is 0.154. The molecule has 2 rings (SSSR count). The van der Waals surface area contributed by atoms with Crippen LogP contribution in [-0.4, -0.2) is 29.4 Å². The summed E-state index contributed by atoms with van der Waals surface area (Å²) in [6.07, 6.45) is 7.02. The molecule has 1 aromatic carbocycles. The Morgan fingerprint density at radius 2 is 2.31 bits per heavy atom. The minimum absolute atomic E-state index is 0.0546. The molecule has 3 heteroatoms. The lowest BCUT2D eigenvalue weighted by Gasteiger charge is -2.13. The molecule has 0 radical (unpaired) electrons. The van der Waals surface area contributed by atoms with Crippen LogP contribution in [0.5, 0.6) is 0 Å². The molecule has 0 aliphatic rings. The van der Waals surface area contributed by atoms with Crippen molar-refractivity contribution in [1.29, 1.82) is 0 Å². The summed E-state index contributed by atoms with van der Waals surface area (Å²) in [7, 11) is 1.70. The number of benzene rings is 1. The van der Waals surface area contributed by atoms with Gasteiger partial charge in [0, 0.05) is 29.7 Å². The zero-order chi connectivity index (χ0) is 11.5. The highest BCUT2D eigenvalue weighted by Gasteiger charge is 2.10. The van der Waals surface area contributed by atoms with Gasteiger partial charge in [0.05, 0.1) is 6.54 Å². The number of hydrogen-bond acceptors (Lipinski definition) is 1. The highest BCUT2D eigenvalue weighted by Crippen LogP contribution is 2.15. The number of carbonyl (C=O) groups excluding carboxylic acids is 1. The van der Waals surface area contributed by atoms with Crippen molar-refractivity contribution in [1.82, 2.24) is 9.88 Å². The summed E-state index contributed by atoms with van der Waals surface area (Å²) in [5.41, 5.74) is 1.68. The summed E-state index contributed by atoms with van der Waals surface area (Å²) in [4.78, 5) is 16.5. The van der Waals surface area contributed by atoms with E-state index in [9.17, 15) is 4.79 Å². The molecule has 0 aliphatic carbocycles. The number of carbonyl (C=O) groups is 1. The van der Waals surface area contributed by atoms with E-state index in [4.69, 9.17) is 6.42 Å². The average molecular weight is 212 g/mol. The summed E-state index contributed by atoms with van der Waals surface area (Å²) < 4.78 is 0. The van der Waals surface area contributed by atoms with Crippen LogP contribution in [0.15, 0.2) is 30.5 Å². The second-order valence-corrected chi connectivity index (χ2v) is 3.65. The SMILES string of the molecule is C#CCN(C)C(=O)c1ccc2[nH]ccc2c1. The van der Waals surface area contributed by atoms with Gasteiger partial charge in [-0.25, -0.2) is 0 Å². The highest BCUT2D eigenvalue weighted by molar-refractivity contribution is 5.98. The van der Waals surface area contributed by atoms with Crippen molar-refractivity contribution in [2.75, 3.05) is 13.6 Å². The number of aromatic nitrogens is 1. The first-order valence-electron chi connectivity index (χ1n) is 4.98. The first kappa shape index (κ1) is 10.3. The van der Waals surface area contributed by atoms with E-state index >= 15 is 0 Å². The van der Waals surface area contributed by atoms with Gasteiger partial charge < -0.3 is 9.88 Å². The van der Waals surface area contributed by atoms with E-state index in [1.807, 2.05) is 24.4 Å². The second-order valence-electron chi connectivity index (χ2n) is 3.65. The standard InChI is InChI=1S/C13H12N2O/c1-3-8-15(2)13(16)11-4-5-12-10(9-11)6-7-14-12/h1,4-7,9,14H,8H2,2H3. The number of nitrogens with one attached hydrogen (secondary N) is 1. The Morgan fingerprint density at radius 1 is 1.50 bits per heavy atom. The maximum absolute atomic E-state index is 11.9. The maximum Gasteiger partial charge on any atom is 0.254 e. The van der Waals surface area contributed by atoms with Crippen molar-refractivity contribution < 1.29 is 4.79 Å². The van der Waals surface area contributed by atoms with Crippen LogP contribution in [0, 0.1) is 12.3 Å². The minimum atomic E-state index is -0.0546. The van der Waals surface area contributed by atoms with Crippen LogP contribution in [0.2, 0.25) is 0 Å². The van der Waals surface area contributed by atoms with Crippen LogP contribution in [0.25, 0.3) is 10.9 Å². The third-order valence-electron chi connectivity index (χ3n) is 2.48. The molecular formula is C13H12N2O. The molecule has 0 saturated heterocycles. The minimum Gasteiger partial charge on any atom is -0.361 e. The molecule has 1 N–H and O–H groups in total. The van der Waals surface area contributed by atoms with E-state index in [2.05, 4.69) is 10.9 Å². The van der Waals surface area contributed by atoms with Crippen LogP contribution in [-0.2, 0) is 0 Å². The summed E-state index contributed by atoms with van der Waals surface area (Å²) in [6.45, 7) is 0.323. The van der Waals surface area contributed by atoms with Gasteiger partial charge in [0.2, 0.25) is 0 Å². The summed E-state index contributed by atoms with van der Waals surface area (Å²) in [5.74, 6) is 2.39. The molecule has 0 spiro atoms. The Balaban J connectivity index is 2.33. The number of rotatable bonds is 2. The van der Waals surface area contributed by atoms with Gasteiger partial charge in [-0.15, -0.1) is 6.42 Å². The molecule has 0 fully saturated rings. The second kappa shape index (κ2) is 4.11. The zero-order valence-corrected chi connectivity index (χ0v) is 9.03. The molecule has 1 amide bonds. The van der Waals surface area contributed by atoms with Gasteiger partial charge in [-0.3, -0.25) is 4.79 Å². The Hall–Kier alpha value is -2.21. The Morgan fingerprint density at radius 3 is 3.06 bits per heavy atom. The van der Waals surface area contributed by atoms with Crippen molar-refractivity contribution in [2.45, 2.75) is 0 Å². The highest BCUT2D eigenvalue weighted by atomic mass is 16.2. The largest absolute Gasteiger partial charge is 0.361 e. The number of nitrogens with zero attached hydrogens (tertiary/aromatic N) is 1. The molecule has 0 atom stereocenters. The number of amides is 1. The summed E-state index contributed by atoms with van der Waals surface area (Å²) in [6, 6.07) is 7.49. The Kier molecular flexibility index (Phi) is 2.65. The van der Waals surface area contributed by atoms with Gasteiger partial charge in [0.25, 0.3) is 5.91 Å². The van der Waals surface area contributed by atoms with Crippen molar-refractivity contribution in [3.63, 3.8) is 0 Å². The van der Waals surface area contributed by atoms with Crippen LogP contribution in [0.3, 0.4) is 0 Å². The predicted molar refractivity (Wildman–Crippen MR) is 64.1 cm³/mol. The van der Waals surface area contributed by atoms with Gasteiger partial charge in [0.15, 0.2) is 0 Å². The molecular weight excluding hydrogens is 200 g/mol. The molecule has 16 heavy (non-hydrogen) atoms. The Bertz CT molecular complexity index is 563. The third-order valence-corrected chi connectivity index (χ3v) is 2.48. The van der Waals surface area contributed by atoms with Crippen LogP contribution >= 0.6 is 0 Å². The fourth-order valence-corrected chi connectivity index (χ4v) is 1.62. The first-order valence-corrected chi connectivity index (χ1v) is 4.98. The number of terminal acetylenes is 1. The smallest absolute Gasteiger partial charge is 0.254 e. The van der Waals surface area contributed by atoms with E-state index in [-0.39, 0.29) is 5.91 Å². The van der Waals surface area contributed by atoms with Crippen molar-refractivity contribution >= 4 is 16.8 Å². The van der Waals surface area contributed by atoms with Gasteiger partial charge in [-0.05, 0) is 24.3 Å². The number of H-pyrrole nitrogens is 1. The zero-order valence-electron chi connectivity index (χ0n) is 9.03. The molecule has 0 bridgehead atoms. The Labute approximate surface area is 94.1 Å². The lowest BCUT2D eigenvalue weighted by Crippen LogP contribution is -2.26. The van der Waals surface area contributed by atoms with Crippen LogP contribution < -0.4 is 0 Å². The number of aromatic amines is 1. The van der Waals surface area contributed by atoms with Crippen molar-refractivity contribution in [3.8, 4) is 12.3 Å². The van der Waals surface area contributed by atoms with E-state index < -0.39 is 0 Å². The molecule has 0 unspecified atom stereocenters. The van der Waals surface area contributed by atoms with Crippen LogP contribution in [0.1, 0.15) is 10.4 Å². The van der Waals surface area contributed by atoms with E-state index in [1.165, 1.54) is 4.90 Å². The number of fused-ring (bicyclic) bond motifs is 1. The van der Waals surface area contributed by atoms with Crippen molar-refractivity contribution in [2.24, 2.45) is 0 Å². The topological polar surface area (TPSA) is 36.1 Å². The van der Waals surface area contributed by atoms with Gasteiger partial charge >= 0.3 is 0 Å². The van der Waals surface area contributed by atoms with Gasteiger partial charge in [-0.2, -0.15) is 0 Å². The van der Waals surface area contributed by atoms with E-state index in [0.29, 0.717) is 12.1 Å². The molecule has 80 valence electrons. The van der Waals surface area contributed by atoms with E-state index in [1.54, 1.807) is 13.1 Å². The van der Waals surface area contributed by atoms with Gasteiger partial charge in [0.1, 0.15) is 0 Å². The molecule has 2 aromatic rings. The summed E-state index contributed by atoms with van der Waals surface area (Å²) in [5, 5.41) is 1.03. The first-order chi connectivity index (χ1) is 7.72. The van der Waals surface area contributed by atoms with Crippen LogP contribution in [0.4, 0.5) is 0 Å². The lowest BCUT2D eigenvalue weighted by molar-refractivity contribution is 0.0813. The maximum atomic E-state index is 11.9. The molecule has 3 nitrogen and oxygen atoms in total. The average Bonchev–Trinajstić information content (AvgIpc) is 2.75. The lowest BCUT2D eigenvalue weighted by atomic mass is 10.1. The number of hydrogen-bond donors (Lipinski definition) is 1. The van der Waals surface area contributed by atoms with Crippen molar-refractivity contribution in [3.05, 3.63) is 36.0 Å². The molecule has 0 saturated carbocycles. The van der Waals surface area contributed by atoms with Gasteiger partial charge in [-0.1, -0.05) is 5.92 Å². The third kappa shape index (κ3) is 1.78. The summed E-state index contributed by atoms with van der Waals surface area (Å²) >= 11 is 0. The molecule has 1 aromatic heterocycles. The predicted octanol–water partition coefficient (Wildman–Crippen LogP) is 1.87. The quantitative estimate of drug-likeness (QED) is 0.758. The monoisotopic (exact) mass is 212 g/mol. The molecule has 0 aliphatic heterocycles.